The molecule has 0 aliphatic carbocycles. The van der Waals surface area contributed by atoms with Crippen LogP contribution in [0.1, 0.15) is 27.7 Å². The summed E-state index contributed by atoms with van der Waals surface area (Å²) in [5.74, 6) is 2.45. The molecule has 0 saturated carbocycles. The van der Waals surface area contributed by atoms with E-state index >= 15 is 0 Å². The first-order valence-corrected chi connectivity index (χ1v) is 4.99. The van der Waals surface area contributed by atoms with Crippen molar-refractivity contribution in [3.63, 3.8) is 0 Å². The fourth-order valence-corrected chi connectivity index (χ4v) is 1.10. The average Bonchev–Trinajstić information content (AvgIpc) is 2.45. The highest BCUT2D eigenvalue weighted by molar-refractivity contribution is 5.60. The van der Waals surface area contributed by atoms with Crippen molar-refractivity contribution in [3.05, 3.63) is 12.2 Å². The van der Waals surface area contributed by atoms with E-state index in [-0.39, 0.29) is 0 Å². The molecule has 0 aromatic heterocycles. The van der Waals surface area contributed by atoms with Crippen molar-refractivity contribution in [2.45, 2.75) is 45.2 Å². The van der Waals surface area contributed by atoms with Gasteiger partial charge >= 0.3 is 6.16 Å². The molecule has 0 radical (unpaired) electrons. The van der Waals surface area contributed by atoms with Gasteiger partial charge in [0.05, 0.1) is 0 Å². The lowest BCUT2D eigenvalue weighted by Crippen LogP contribution is -2.30. The van der Waals surface area contributed by atoms with Gasteiger partial charge in [0.25, 0.3) is 0 Å². The Balaban J connectivity index is 2.45. The van der Waals surface area contributed by atoms with Gasteiger partial charge in [-0.1, -0.05) is 5.92 Å². The normalized spacial score (nSPS) is 28.6. The Morgan fingerprint density at radius 1 is 1.56 bits per heavy atom. The number of carbonyl (C=O) groups excluding carboxylic acids is 1. The van der Waals surface area contributed by atoms with Crippen LogP contribution in [0.2, 0.25) is 0 Å². The Hall–Kier alpha value is -1.47. The maximum absolute atomic E-state index is 11.3. The second-order valence-electron chi connectivity index (χ2n) is 4.68. The minimum atomic E-state index is -0.813. The van der Waals surface area contributed by atoms with Gasteiger partial charge in [0.2, 0.25) is 6.29 Å². The third-order valence-electron chi connectivity index (χ3n) is 1.82. The van der Waals surface area contributed by atoms with Crippen LogP contribution in [0.25, 0.3) is 0 Å². The zero-order chi connectivity index (χ0) is 12.4. The molecule has 0 bridgehead atoms. The van der Waals surface area contributed by atoms with E-state index in [2.05, 4.69) is 5.92 Å². The van der Waals surface area contributed by atoms with Crippen LogP contribution in [0.4, 0.5) is 4.79 Å². The van der Waals surface area contributed by atoms with E-state index in [1.54, 1.807) is 39.8 Å². The summed E-state index contributed by atoms with van der Waals surface area (Å²) in [5, 5.41) is 0. The van der Waals surface area contributed by atoms with Crippen molar-refractivity contribution in [1.29, 1.82) is 0 Å². The maximum Gasteiger partial charge on any atom is 0.511 e. The van der Waals surface area contributed by atoms with E-state index in [1.807, 2.05) is 0 Å². The molecule has 4 nitrogen and oxygen atoms in total. The molecule has 0 spiro atoms. The van der Waals surface area contributed by atoms with Gasteiger partial charge in [-0.05, 0) is 39.8 Å². The lowest BCUT2D eigenvalue weighted by Gasteiger charge is -2.22. The predicted molar refractivity (Wildman–Crippen MR) is 58.6 cm³/mol. The van der Waals surface area contributed by atoms with Crippen LogP contribution in [0.5, 0.6) is 0 Å². The summed E-state index contributed by atoms with van der Waals surface area (Å²) in [4.78, 5) is 11.3. The zero-order valence-corrected chi connectivity index (χ0v) is 9.94. The molecule has 0 saturated heterocycles. The number of terminal acetylenes is 1. The van der Waals surface area contributed by atoms with E-state index in [0.29, 0.717) is 0 Å². The van der Waals surface area contributed by atoms with Gasteiger partial charge in [0.15, 0.2) is 0 Å². The summed E-state index contributed by atoms with van der Waals surface area (Å²) >= 11 is 0. The summed E-state index contributed by atoms with van der Waals surface area (Å²) in [6.07, 6.45) is 6.96. The first-order chi connectivity index (χ1) is 7.24. The highest BCUT2D eigenvalue weighted by atomic mass is 16.8. The van der Waals surface area contributed by atoms with Crippen LogP contribution in [-0.2, 0) is 14.2 Å². The minimum Gasteiger partial charge on any atom is -0.428 e. The third kappa shape index (κ3) is 3.59. The highest BCUT2D eigenvalue weighted by Gasteiger charge is 2.32. The van der Waals surface area contributed by atoms with Gasteiger partial charge in [0.1, 0.15) is 11.2 Å². The average molecular weight is 224 g/mol. The molecule has 0 aromatic carbocycles. The molecular weight excluding hydrogens is 208 g/mol. The van der Waals surface area contributed by atoms with Crippen molar-refractivity contribution in [1.82, 2.24) is 0 Å². The number of hydrogen-bond acceptors (Lipinski definition) is 4. The molecular formula is C12H16O4. The summed E-state index contributed by atoms with van der Waals surface area (Å²) < 4.78 is 15.2. The van der Waals surface area contributed by atoms with Gasteiger partial charge in [0, 0.05) is 0 Å². The van der Waals surface area contributed by atoms with E-state index in [9.17, 15) is 4.79 Å². The van der Waals surface area contributed by atoms with Crippen LogP contribution in [0.15, 0.2) is 12.2 Å². The maximum atomic E-state index is 11.3. The quantitative estimate of drug-likeness (QED) is 0.389. The molecule has 0 amide bonds. The third-order valence-corrected chi connectivity index (χ3v) is 1.82. The summed E-state index contributed by atoms with van der Waals surface area (Å²) in [7, 11) is 0. The van der Waals surface area contributed by atoms with Crippen molar-refractivity contribution >= 4 is 6.16 Å². The fraction of sp³-hybridized carbons (Fsp3) is 0.583. The van der Waals surface area contributed by atoms with Crippen molar-refractivity contribution < 1.29 is 19.0 Å². The Kier molecular flexibility index (Phi) is 3.30. The van der Waals surface area contributed by atoms with Crippen LogP contribution >= 0.6 is 0 Å². The van der Waals surface area contributed by atoms with Crippen molar-refractivity contribution in [3.8, 4) is 12.3 Å². The van der Waals surface area contributed by atoms with Crippen LogP contribution in [0, 0.1) is 12.3 Å². The molecule has 88 valence electrons. The molecule has 1 aliphatic rings. The van der Waals surface area contributed by atoms with Crippen LogP contribution in [-0.4, -0.2) is 23.6 Å². The smallest absolute Gasteiger partial charge is 0.428 e. The van der Waals surface area contributed by atoms with Gasteiger partial charge in [-0.15, -0.1) is 6.42 Å². The Morgan fingerprint density at radius 2 is 2.19 bits per heavy atom. The lowest BCUT2D eigenvalue weighted by molar-refractivity contribution is -0.125. The Morgan fingerprint density at radius 3 is 2.62 bits per heavy atom. The van der Waals surface area contributed by atoms with E-state index in [4.69, 9.17) is 20.6 Å². The molecule has 1 aliphatic heterocycles. The van der Waals surface area contributed by atoms with Crippen molar-refractivity contribution in [2.75, 3.05) is 0 Å². The largest absolute Gasteiger partial charge is 0.511 e. The lowest BCUT2D eigenvalue weighted by atomic mass is 10.1. The standard InChI is InChI=1S/C12H16O4/c1-6-12(5)8-7-9(15-12)14-10(13)16-11(2,3)4/h1,7-9H,2-5H3/t9-,12+/m1/s1. The van der Waals surface area contributed by atoms with E-state index in [1.165, 1.54) is 0 Å². The number of rotatable bonds is 1. The molecule has 2 atom stereocenters. The highest BCUT2D eigenvalue weighted by Crippen LogP contribution is 2.23. The molecule has 4 heteroatoms. The second-order valence-corrected chi connectivity index (χ2v) is 4.68. The van der Waals surface area contributed by atoms with E-state index in [0.717, 1.165) is 0 Å². The second kappa shape index (κ2) is 4.18. The fourth-order valence-electron chi connectivity index (χ4n) is 1.10. The first-order valence-electron chi connectivity index (χ1n) is 4.99. The molecule has 16 heavy (non-hydrogen) atoms. The topological polar surface area (TPSA) is 44.8 Å². The number of ether oxygens (including phenoxy) is 3. The van der Waals surface area contributed by atoms with Gasteiger partial charge in [-0.2, -0.15) is 0 Å². The molecule has 1 rings (SSSR count). The monoisotopic (exact) mass is 224 g/mol. The summed E-state index contributed by atoms with van der Waals surface area (Å²) in [6.45, 7) is 6.98. The van der Waals surface area contributed by atoms with Crippen LogP contribution in [0.3, 0.4) is 0 Å². The first kappa shape index (κ1) is 12.6. The Bertz CT molecular complexity index is 345. The zero-order valence-electron chi connectivity index (χ0n) is 9.94. The molecule has 1 heterocycles. The molecule has 0 aromatic rings. The summed E-state index contributed by atoms with van der Waals surface area (Å²) in [5.41, 5.74) is -1.40. The van der Waals surface area contributed by atoms with E-state index < -0.39 is 23.6 Å². The van der Waals surface area contributed by atoms with Gasteiger partial charge in [-0.25, -0.2) is 4.79 Å². The number of carbonyl (C=O) groups is 1. The minimum absolute atomic E-state index is 0.588. The molecule has 0 unspecified atom stereocenters. The molecule has 0 N–H and O–H groups in total. The van der Waals surface area contributed by atoms with Gasteiger partial charge in [-0.3, -0.25) is 0 Å². The molecule has 0 fully saturated rings. The predicted octanol–water partition coefficient (Wildman–Crippen LogP) is 2.24. The SMILES string of the molecule is C#C[C@@]1(C)C=C[C@H](OC(=O)OC(C)(C)C)O1. The van der Waals surface area contributed by atoms with Gasteiger partial charge < -0.3 is 14.2 Å². The van der Waals surface area contributed by atoms with Crippen LogP contribution < -0.4 is 0 Å². The number of hydrogen-bond donors (Lipinski definition) is 0. The summed E-state index contributed by atoms with van der Waals surface area (Å²) in [6, 6.07) is 0. The van der Waals surface area contributed by atoms with Crippen molar-refractivity contribution in [2.24, 2.45) is 0 Å². The Labute approximate surface area is 95.6 Å².